The van der Waals surface area contributed by atoms with E-state index in [-0.39, 0.29) is 0 Å². The molecule has 0 bridgehead atoms. The Hall–Kier alpha value is -0.860. The van der Waals surface area contributed by atoms with E-state index in [0.717, 1.165) is 26.2 Å². The van der Waals surface area contributed by atoms with Gasteiger partial charge in [-0.15, -0.1) is 0 Å². The van der Waals surface area contributed by atoms with Crippen LogP contribution in [-0.4, -0.2) is 24.0 Å². The van der Waals surface area contributed by atoms with Gasteiger partial charge in [0.05, 0.1) is 0 Å². The molecule has 0 spiro atoms. The molecule has 1 atom stereocenters. The third kappa shape index (κ3) is 3.12. The molecule has 0 saturated heterocycles. The van der Waals surface area contributed by atoms with E-state index in [1.54, 1.807) is 0 Å². The minimum atomic E-state index is 0.310. The summed E-state index contributed by atoms with van der Waals surface area (Å²) < 4.78 is 0. The summed E-state index contributed by atoms with van der Waals surface area (Å²) >= 11 is 0. The lowest BCUT2D eigenvalue weighted by Gasteiger charge is -2.34. The van der Waals surface area contributed by atoms with Crippen molar-refractivity contribution in [1.82, 2.24) is 10.2 Å². The molecule has 1 aromatic rings. The number of likely N-dealkylation sites (N-methyl/N-ethyl adjacent to an activating group) is 1. The van der Waals surface area contributed by atoms with E-state index in [9.17, 15) is 0 Å². The maximum atomic E-state index is 3.63. The highest BCUT2D eigenvalue weighted by Crippen LogP contribution is 2.26. The first-order valence-corrected chi connectivity index (χ1v) is 7.03. The summed E-state index contributed by atoms with van der Waals surface area (Å²) in [6, 6.07) is 9.36. The number of hydrogen-bond donors (Lipinski definition) is 1. The van der Waals surface area contributed by atoms with E-state index in [4.69, 9.17) is 0 Å². The van der Waals surface area contributed by atoms with Crippen molar-refractivity contribution >= 4 is 0 Å². The van der Waals surface area contributed by atoms with E-state index < -0.39 is 0 Å². The largest absolute Gasteiger partial charge is 0.312 e. The molecule has 0 radical (unpaired) electrons. The molecule has 0 aliphatic carbocycles. The molecule has 0 fully saturated rings. The lowest BCUT2D eigenvalue weighted by Crippen LogP contribution is -2.47. The van der Waals surface area contributed by atoms with Crippen molar-refractivity contribution in [2.24, 2.45) is 5.41 Å². The zero-order valence-electron chi connectivity index (χ0n) is 12.2. The van der Waals surface area contributed by atoms with Crippen LogP contribution in [0.5, 0.6) is 0 Å². The van der Waals surface area contributed by atoms with Crippen LogP contribution in [0.25, 0.3) is 0 Å². The second kappa shape index (κ2) is 5.41. The summed E-state index contributed by atoms with van der Waals surface area (Å²) in [5.74, 6) is 0. The Morgan fingerprint density at radius 2 is 1.72 bits per heavy atom. The Balaban J connectivity index is 1.99. The molecule has 100 valence electrons. The van der Waals surface area contributed by atoms with Gasteiger partial charge in [0.2, 0.25) is 0 Å². The van der Waals surface area contributed by atoms with Gasteiger partial charge in [-0.2, -0.15) is 0 Å². The van der Waals surface area contributed by atoms with Crippen LogP contribution in [0.3, 0.4) is 0 Å². The lowest BCUT2D eigenvalue weighted by atomic mass is 9.86. The maximum Gasteiger partial charge on any atom is 0.0243 e. The summed E-state index contributed by atoms with van der Waals surface area (Å²) in [5.41, 5.74) is 3.31. The minimum absolute atomic E-state index is 0.310. The average molecular weight is 246 g/mol. The quantitative estimate of drug-likeness (QED) is 0.878. The van der Waals surface area contributed by atoms with Crippen LogP contribution in [0, 0.1) is 5.41 Å². The molecule has 1 aliphatic rings. The zero-order valence-corrected chi connectivity index (χ0v) is 12.2. The molecule has 0 saturated carbocycles. The first kappa shape index (κ1) is 13.6. The molecule has 1 heterocycles. The topological polar surface area (TPSA) is 15.3 Å². The molecular formula is C16H26N2. The highest BCUT2D eigenvalue weighted by Gasteiger charge is 2.28. The van der Waals surface area contributed by atoms with Crippen molar-refractivity contribution in [3.05, 3.63) is 35.4 Å². The molecule has 2 nitrogen and oxygen atoms in total. The third-order valence-electron chi connectivity index (χ3n) is 3.84. The molecule has 0 aromatic heterocycles. The van der Waals surface area contributed by atoms with Gasteiger partial charge in [-0.05, 0) is 23.1 Å². The second-order valence-corrected chi connectivity index (χ2v) is 6.41. The van der Waals surface area contributed by atoms with Gasteiger partial charge in [-0.3, -0.25) is 4.90 Å². The minimum Gasteiger partial charge on any atom is -0.312 e. The normalized spacial score (nSPS) is 17.8. The van der Waals surface area contributed by atoms with Crippen molar-refractivity contribution in [3.63, 3.8) is 0 Å². The third-order valence-corrected chi connectivity index (χ3v) is 3.84. The molecule has 1 aliphatic heterocycles. The van der Waals surface area contributed by atoms with Crippen LogP contribution in [-0.2, 0) is 13.1 Å². The Kier molecular flexibility index (Phi) is 4.08. The van der Waals surface area contributed by atoms with Gasteiger partial charge in [-0.25, -0.2) is 0 Å². The van der Waals surface area contributed by atoms with Crippen LogP contribution in [0.4, 0.5) is 0 Å². The standard InChI is InChI=1S/C16H26N2/c1-5-17-15(16(2,3)4)12-18-10-13-8-6-7-9-14(13)11-18/h6-9,15,17H,5,10-12H2,1-4H3. The van der Waals surface area contributed by atoms with E-state index >= 15 is 0 Å². The van der Waals surface area contributed by atoms with E-state index in [1.165, 1.54) is 11.1 Å². The van der Waals surface area contributed by atoms with Crippen LogP contribution < -0.4 is 5.32 Å². The summed E-state index contributed by atoms with van der Waals surface area (Å²) in [5, 5.41) is 3.63. The van der Waals surface area contributed by atoms with Crippen LogP contribution in [0.2, 0.25) is 0 Å². The van der Waals surface area contributed by atoms with Crippen LogP contribution >= 0.6 is 0 Å². The predicted octanol–water partition coefficient (Wildman–Crippen LogP) is 3.03. The van der Waals surface area contributed by atoms with E-state index in [1.807, 2.05) is 0 Å². The van der Waals surface area contributed by atoms with Gasteiger partial charge in [0.25, 0.3) is 0 Å². The lowest BCUT2D eigenvalue weighted by molar-refractivity contribution is 0.175. The number of rotatable bonds is 4. The van der Waals surface area contributed by atoms with E-state index in [0.29, 0.717) is 11.5 Å². The zero-order chi connectivity index (χ0) is 13.2. The Labute approximate surface area is 111 Å². The van der Waals surface area contributed by atoms with Gasteiger partial charge in [0.15, 0.2) is 0 Å². The molecule has 2 rings (SSSR count). The van der Waals surface area contributed by atoms with Crippen molar-refractivity contribution < 1.29 is 0 Å². The monoisotopic (exact) mass is 246 g/mol. The van der Waals surface area contributed by atoms with Crippen molar-refractivity contribution in [2.75, 3.05) is 13.1 Å². The molecule has 1 unspecified atom stereocenters. The fraction of sp³-hybridized carbons (Fsp3) is 0.625. The molecule has 18 heavy (non-hydrogen) atoms. The number of fused-ring (bicyclic) bond motifs is 1. The number of hydrogen-bond acceptors (Lipinski definition) is 2. The number of nitrogens with one attached hydrogen (secondary N) is 1. The first-order valence-electron chi connectivity index (χ1n) is 7.03. The highest BCUT2D eigenvalue weighted by molar-refractivity contribution is 5.30. The summed E-state index contributed by atoms with van der Waals surface area (Å²) in [6.07, 6.45) is 0. The smallest absolute Gasteiger partial charge is 0.0243 e. The number of benzene rings is 1. The fourth-order valence-electron chi connectivity index (χ4n) is 2.68. The Morgan fingerprint density at radius 1 is 1.17 bits per heavy atom. The van der Waals surface area contributed by atoms with Crippen molar-refractivity contribution in [1.29, 1.82) is 0 Å². The summed E-state index contributed by atoms with van der Waals surface area (Å²) in [4.78, 5) is 2.56. The predicted molar refractivity (Wildman–Crippen MR) is 77.5 cm³/mol. The highest BCUT2D eigenvalue weighted by atomic mass is 15.2. The first-order chi connectivity index (χ1) is 8.50. The van der Waals surface area contributed by atoms with E-state index in [2.05, 4.69) is 62.2 Å². The number of nitrogens with zero attached hydrogens (tertiary/aromatic N) is 1. The SMILES string of the molecule is CCNC(CN1Cc2ccccc2C1)C(C)(C)C. The van der Waals surface area contributed by atoms with Crippen LogP contribution in [0.15, 0.2) is 24.3 Å². The molecule has 2 heteroatoms. The van der Waals surface area contributed by atoms with Gasteiger partial charge in [-0.1, -0.05) is 52.0 Å². The van der Waals surface area contributed by atoms with Gasteiger partial charge in [0, 0.05) is 25.7 Å². The van der Waals surface area contributed by atoms with Crippen molar-refractivity contribution in [2.45, 2.75) is 46.8 Å². The average Bonchev–Trinajstić information content (AvgIpc) is 2.69. The Morgan fingerprint density at radius 3 is 2.17 bits per heavy atom. The molecule has 1 N–H and O–H groups in total. The summed E-state index contributed by atoms with van der Waals surface area (Å²) in [6.45, 7) is 13.5. The summed E-state index contributed by atoms with van der Waals surface area (Å²) in [7, 11) is 0. The van der Waals surface area contributed by atoms with Crippen LogP contribution in [0.1, 0.15) is 38.8 Å². The second-order valence-electron chi connectivity index (χ2n) is 6.41. The Bertz CT molecular complexity index is 367. The molecule has 1 aromatic carbocycles. The fourth-order valence-corrected chi connectivity index (χ4v) is 2.68. The van der Waals surface area contributed by atoms with Gasteiger partial charge < -0.3 is 5.32 Å². The van der Waals surface area contributed by atoms with Gasteiger partial charge >= 0.3 is 0 Å². The van der Waals surface area contributed by atoms with Gasteiger partial charge in [0.1, 0.15) is 0 Å². The van der Waals surface area contributed by atoms with Crippen molar-refractivity contribution in [3.8, 4) is 0 Å². The molecule has 0 amide bonds. The molecular weight excluding hydrogens is 220 g/mol. The maximum absolute atomic E-state index is 3.63.